The quantitative estimate of drug-likeness (QED) is 0.379. The van der Waals surface area contributed by atoms with Gasteiger partial charge in [-0.1, -0.05) is 72.8 Å². The third-order valence-electron chi connectivity index (χ3n) is 6.22. The summed E-state index contributed by atoms with van der Waals surface area (Å²) in [7, 11) is 0. The molecule has 32 heavy (non-hydrogen) atoms. The molecule has 0 unspecified atom stereocenters. The fraction of sp³-hybridized carbons (Fsp3) is 0.214. The maximum atomic E-state index is 9.58. The number of ether oxygens (including phenoxy) is 1. The van der Waals surface area contributed by atoms with Crippen molar-refractivity contribution in [3.63, 3.8) is 0 Å². The van der Waals surface area contributed by atoms with Crippen molar-refractivity contribution in [1.82, 2.24) is 5.32 Å². The molecule has 1 saturated heterocycles. The minimum absolute atomic E-state index is 0. The molecular weight excluding hydrogens is 418 g/mol. The fourth-order valence-corrected chi connectivity index (χ4v) is 4.52. The van der Waals surface area contributed by atoms with Crippen LogP contribution in [0.3, 0.4) is 0 Å². The zero-order chi connectivity index (χ0) is 21.0. The number of benzene rings is 4. The highest BCUT2D eigenvalue weighted by molar-refractivity contribution is 5.85. The van der Waals surface area contributed by atoms with Crippen LogP contribution in [0.5, 0.6) is 5.75 Å². The first-order chi connectivity index (χ1) is 15.3. The monoisotopic (exact) mass is 445 g/mol. The second kappa shape index (κ2) is 10.2. The number of rotatable bonds is 5. The second-order valence-corrected chi connectivity index (χ2v) is 8.30. The molecule has 0 radical (unpaired) electrons. The van der Waals surface area contributed by atoms with Gasteiger partial charge in [-0.15, -0.1) is 12.4 Å². The Kier molecular flexibility index (Phi) is 7.11. The van der Waals surface area contributed by atoms with Gasteiger partial charge in [0.2, 0.25) is 0 Å². The Morgan fingerprint density at radius 1 is 0.812 bits per heavy atom. The number of aromatic hydroxyl groups is 1. The van der Waals surface area contributed by atoms with Crippen molar-refractivity contribution in [3.05, 3.63) is 102 Å². The van der Waals surface area contributed by atoms with Gasteiger partial charge in [-0.3, -0.25) is 0 Å². The van der Waals surface area contributed by atoms with Gasteiger partial charge < -0.3 is 15.2 Å². The summed E-state index contributed by atoms with van der Waals surface area (Å²) in [6, 6.07) is 31.2. The molecule has 1 aliphatic heterocycles. The highest BCUT2D eigenvalue weighted by atomic mass is 35.5. The lowest BCUT2D eigenvalue weighted by atomic mass is 9.86. The molecule has 0 aliphatic carbocycles. The molecule has 0 spiro atoms. The van der Waals surface area contributed by atoms with E-state index < -0.39 is 0 Å². The van der Waals surface area contributed by atoms with Gasteiger partial charge in [0.25, 0.3) is 0 Å². The number of halogens is 1. The largest absolute Gasteiger partial charge is 0.508 e. The van der Waals surface area contributed by atoms with Gasteiger partial charge in [-0.2, -0.15) is 0 Å². The molecule has 2 N–H and O–H groups in total. The summed E-state index contributed by atoms with van der Waals surface area (Å²) < 4.78 is 6.45. The van der Waals surface area contributed by atoms with E-state index in [1.807, 2.05) is 12.1 Å². The highest BCUT2D eigenvalue weighted by Gasteiger charge is 2.27. The molecule has 0 amide bonds. The fourth-order valence-electron chi connectivity index (χ4n) is 4.52. The normalized spacial score (nSPS) is 18.2. The van der Waals surface area contributed by atoms with Crippen molar-refractivity contribution in [2.24, 2.45) is 0 Å². The van der Waals surface area contributed by atoms with Crippen molar-refractivity contribution >= 4 is 23.2 Å². The Labute approximate surface area is 195 Å². The third-order valence-corrected chi connectivity index (χ3v) is 6.22. The zero-order valence-corrected chi connectivity index (χ0v) is 18.7. The van der Waals surface area contributed by atoms with Gasteiger partial charge in [0.05, 0.1) is 12.7 Å². The first-order valence-corrected chi connectivity index (χ1v) is 11.0. The number of hydrogen-bond donors (Lipinski definition) is 2. The molecule has 1 fully saturated rings. The van der Waals surface area contributed by atoms with Crippen LogP contribution in [-0.2, 0) is 11.3 Å². The van der Waals surface area contributed by atoms with Crippen molar-refractivity contribution in [2.75, 3.05) is 13.1 Å². The van der Waals surface area contributed by atoms with E-state index in [4.69, 9.17) is 4.74 Å². The van der Waals surface area contributed by atoms with Gasteiger partial charge >= 0.3 is 0 Å². The average molecular weight is 446 g/mol. The second-order valence-electron chi connectivity index (χ2n) is 8.30. The van der Waals surface area contributed by atoms with E-state index >= 15 is 0 Å². The maximum Gasteiger partial charge on any atom is 0.115 e. The Hall–Kier alpha value is -2.85. The molecule has 164 valence electrons. The summed E-state index contributed by atoms with van der Waals surface area (Å²) in [6.45, 7) is 2.48. The van der Waals surface area contributed by atoms with Crippen LogP contribution in [0.25, 0.3) is 21.9 Å². The Balaban J connectivity index is 0.00000245. The summed E-state index contributed by atoms with van der Waals surface area (Å²) in [4.78, 5) is 0. The van der Waals surface area contributed by atoms with Gasteiger partial charge in [-0.05, 0) is 64.2 Å². The molecule has 0 saturated carbocycles. The van der Waals surface area contributed by atoms with Gasteiger partial charge in [0.1, 0.15) is 5.75 Å². The lowest BCUT2D eigenvalue weighted by Crippen LogP contribution is -2.41. The summed E-state index contributed by atoms with van der Waals surface area (Å²) in [5.74, 6) is 0.652. The average Bonchev–Trinajstić information content (AvgIpc) is 2.83. The molecule has 5 rings (SSSR count). The van der Waals surface area contributed by atoms with Crippen LogP contribution in [0.1, 0.15) is 23.5 Å². The van der Waals surface area contributed by atoms with E-state index in [2.05, 4.69) is 72.0 Å². The van der Waals surface area contributed by atoms with Crippen LogP contribution < -0.4 is 5.32 Å². The number of phenolic OH excluding ortho intramolecular Hbond substituents is 1. The lowest BCUT2D eigenvalue weighted by molar-refractivity contribution is 0.0107. The minimum atomic E-state index is 0. The summed E-state index contributed by atoms with van der Waals surface area (Å²) in [5, 5.41) is 15.6. The molecule has 0 aromatic heterocycles. The van der Waals surface area contributed by atoms with Crippen LogP contribution in [0.2, 0.25) is 0 Å². The molecular formula is C28H28ClNO2. The van der Waals surface area contributed by atoms with E-state index in [-0.39, 0.29) is 18.5 Å². The molecule has 1 heterocycles. The first kappa shape index (κ1) is 22.3. The molecule has 2 atom stereocenters. The van der Waals surface area contributed by atoms with Crippen LogP contribution in [0.4, 0.5) is 0 Å². The Morgan fingerprint density at radius 3 is 2.47 bits per heavy atom. The predicted molar refractivity (Wildman–Crippen MR) is 134 cm³/mol. The topological polar surface area (TPSA) is 41.5 Å². The number of piperidine rings is 1. The maximum absolute atomic E-state index is 9.58. The van der Waals surface area contributed by atoms with Crippen LogP contribution in [0.15, 0.2) is 91.0 Å². The van der Waals surface area contributed by atoms with E-state index in [1.54, 1.807) is 12.1 Å². The number of fused-ring (bicyclic) bond motifs is 1. The van der Waals surface area contributed by atoms with Crippen molar-refractivity contribution in [1.29, 1.82) is 0 Å². The summed E-state index contributed by atoms with van der Waals surface area (Å²) in [6.07, 6.45) is 1.19. The van der Waals surface area contributed by atoms with Crippen LogP contribution in [0, 0.1) is 0 Å². The van der Waals surface area contributed by atoms with E-state index in [1.165, 1.54) is 27.5 Å². The lowest BCUT2D eigenvalue weighted by Gasteiger charge is -2.33. The molecule has 4 heteroatoms. The number of hydrogen-bond acceptors (Lipinski definition) is 3. The van der Waals surface area contributed by atoms with Crippen molar-refractivity contribution < 1.29 is 9.84 Å². The molecule has 4 aromatic rings. The molecule has 4 aromatic carbocycles. The van der Waals surface area contributed by atoms with Gasteiger partial charge in [-0.25, -0.2) is 0 Å². The molecule has 3 nitrogen and oxygen atoms in total. The number of phenols is 1. The minimum Gasteiger partial charge on any atom is -0.508 e. The van der Waals surface area contributed by atoms with E-state index in [0.717, 1.165) is 25.1 Å². The zero-order valence-electron chi connectivity index (χ0n) is 17.9. The van der Waals surface area contributed by atoms with E-state index in [9.17, 15) is 5.11 Å². The summed E-state index contributed by atoms with van der Waals surface area (Å²) >= 11 is 0. The predicted octanol–water partition coefficient (Wildman–Crippen LogP) is 6.30. The van der Waals surface area contributed by atoms with Crippen molar-refractivity contribution in [2.45, 2.75) is 25.0 Å². The Bertz CT molecular complexity index is 1180. The molecule has 0 bridgehead atoms. The van der Waals surface area contributed by atoms with E-state index in [0.29, 0.717) is 18.3 Å². The number of nitrogens with one attached hydrogen (secondary N) is 1. The smallest absolute Gasteiger partial charge is 0.115 e. The standard InChI is InChI=1S/C28H27NO2.ClH/c30-26-12-10-22(11-13-26)24-6-3-7-25(17-24)27-14-15-29-18-28(27)31-19-20-8-9-21-4-1-2-5-23(21)16-20;/h1-13,16-17,27-30H,14-15,18-19H2;1H/t27-,28+;/m1./s1. The first-order valence-electron chi connectivity index (χ1n) is 11.0. The van der Waals surface area contributed by atoms with Crippen LogP contribution in [-0.4, -0.2) is 24.3 Å². The van der Waals surface area contributed by atoms with Gasteiger partial charge in [0, 0.05) is 12.5 Å². The highest BCUT2D eigenvalue weighted by Crippen LogP contribution is 2.32. The molecule has 1 aliphatic rings. The van der Waals surface area contributed by atoms with Gasteiger partial charge in [0.15, 0.2) is 0 Å². The summed E-state index contributed by atoms with van der Waals surface area (Å²) in [5.41, 5.74) is 4.81. The Morgan fingerprint density at radius 2 is 1.62 bits per heavy atom. The SMILES string of the molecule is Cl.Oc1ccc(-c2cccc([C@H]3CCNC[C@@H]3OCc3ccc4ccccc4c3)c2)cc1. The third kappa shape index (κ3) is 4.97. The van der Waals surface area contributed by atoms with Crippen LogP contribution >= 0.6 is 12.4 Å². The van der Waals surface area contributed by atoms with Crippen molar-refractivity contribution in [3.8, 4) is 16.9 Å².